The van der Waals surface area contributed by atoms with Gasteiger partial charge in [-0.25, -0.2) is 19.6 Å². The summed E-state index contributed by atoms with van der Waals surface area (Å²) < 4.78 is 24.7. The number of unbranched alkanes of at least 4 members (excludes halogenated alkanes) is 2. The highest BCUT2D eigenvalue weighted by Crippen LogP contribution is 2.44. The van der Waals surface area contributed by atoms with E-state index in [0.29, 0.717) is 36.5 Å². The van der Waals surface area contributed by atoms with Gasteiger partial charge in [0.25, 0.3) is 0 Å². The van der Waals surface area contributed by atoms with Crippen LogP contribution in [0.5, 0.6) is 34.5 Å². The Morgan fingerprint density at radius 1 is 0.484 bits per heavy atom. The molecule has 0 radical (unpaired) electrons. The molecule has 4 N–H and O–H groups in total. The number of carboxylic acids is 2. The fourth-order valence-corrected chi connectivity index (χ4v) is 6.77. The first kappa shape index (κ1) is 46.2. The topological polar surface area (TPSA) is 177 Å². The van der Waals surface area contributed by atoms with Crippen LogP contribution in [0, 0.1) is 11.8 Å². The van der Waals surface area contributed by atoms with E-state index in [1.807, 2.05) is 0 Å². The van der Waals surface area contributed by atoms with Crippen molar-refractivity contribution in [2.75, 3.05) is 13.2 Å². The Morgan fingerprint density at radius 3 is 1.15 bits per heavy atom. The molecule has 0 amide bonds. The summed E-state index contributed by atoms with van der Waals surface area (Å²) in [5, 5.41) is 45.7. The lowest BCUT2D eigenvalue weighted by molar-refractivity contribution is 0.0690. The molecule has 0 saturated heterocycles. The molecule has 62 heavy (non-hydrogen) atoms. The van der Waals surface area contributed by atoms with E-state index in [-0.39, 0.29) is 22.9 Å². The minimum absolute atomic E-state index is 0.0421. The van der Waals surface area contributed by atoms with E-state index >= 15 is 0 Å². The van der Waals surface area contributed by atoms with Gasteiger partial charge in [0.2, 0.25) is 11.8 Å². The Labute approximate surface area is 363 Å². The van der Waals surface area contributed by atoms with Crippen LogP contribution in [-0.4, -0.2) is 57.4 Å². The largest absolute Gasteiger partial charge is 0.493 e. The van der Waals surface area contributed by atoms with Crippen LogP contribution in [-0.2, 0) is 0 Å². The van der Waals surface area contributed by atoms with Crippen LogP contribution in [0.3, 0.4) is 0 Å². The summed E-state index contributed by atoms with van der Waals surface area (Å²) in [6.07, 6.45) is 8.36. The summed E-state index contributed by atoms with van der Waals surface area (Å²) in [7, 11) is 0. The van der Waals surface area contributed by atoms with Crippen LogP contribution in [0.1, 0.15) is 111 Å². The minimum Gasteiger partial charge on any atom is -0.493 e. The molecule has 0 spiro atoms. The van der Waals surface area contributed by atoms with Gasteiger partial charge < -0.3 is 39.4 Å². The average molecular weight is 845 g/mol. The molecule has 0 aliphatic rings. The van der Waals surface area contributed by atoms with Crippen molar-refractivity contribution in [1.82, 2.24) is 0 Å². The third kappa shape index (κ3) is 12.6. The van der Waals surface area contributed by atoms with E-state index in [1.54, 1.807) is 97.1 Å². The second-order valence-corrected chi connectivity index (χ2v) is 14.9. The van der Waals surface area contributed by atoms with Gasteiger partial charge in [-0.3, -0.25) is 0 Å². The molecule has 2 atom stereocenters. The lowest BCUT2D eigenvalue weighted by Gasteiger charge is -2.22. The number of aliphatic hydroxyl groups is 2. The molecule has 12 nitrogen and oxygen atoms in total. The molecule has 0 aliphatic carbocycles. The molecule has 5 aromatic rings. The van der Waals surface area contributed by atoms with E-state index in [2.05, 4.69) is 37.7 Å². The third-order valence-electron chi connectivity index (χ3n) is 10.4. The summed E-state index contributed by atoms with van der Waals surface area (Å²) >= 11 is 0. The van der Waals surface area contributed by atoms with Crippen molar-refractivity contribution < 1.29 is 49.0 Å². The lowest BCUT2D eigenvalue weighted by atomic mass is 9.93. The Kier molecular flexibility index (Phi) is 17.3. The number of carbonyl (C=O) groups is 2. The summed E-state index contributed by atoms with van der Waals surface area (Å²) in [6, 6.07) is 29.2. The number of benzene rings is 5. The van der Waals surface area contributed by atoms with Gasteiger partial charge >= 0.3 is 11.9 Å². The SMILES string of the molecule is CCCCC(CC)COc1ccc(Oc2c(C(=O)O)c(C(O)=Nc3ccccc3)c(Oc3ccc(OCC(CC)CCCC)cc3)c(C(O)=Nc3ccccc3)c2C(=O)O)cc1. The number of rotatable bonds is 24. The van der Waals surface area contributed by atoms with Gasteiger partial charge in [0.1, 0.15) is 34.1 Å². The maximum atomic E-state index is 13.5. The first-order valence-electron chi connectivity index (χ1n) is 21.2. The van der Waals surface area contributed by atoms with Crippen molar-refractivity contribution in [3.05, 3.63) is 131 Å². The highest BCUT2D eigenvalue weighted by Gasteiger charge is 2.38. The van der Waals surface area contributed by atoms with Crippen LogP contribution in [0.25, 0.3) is 0 Å². The average Bonchev–Trinajstić information content (AvgIpc) is 3.28. The normalized spacial score (nSPS) is 12.6. The predicted molar refractivity (Wildman–Crippen MR) is 242 cm³/mol. The Balaban J connectivity index is 1.70. The first-order chi connectivity index (χ1) is 30.1. The molecular formula is C50H56N2O10. The lowest BCUT2D eigenvalue weighted by Crippen LogP contribution is -2.21. The fraction of sp³-hybridized carbons (Fsp3) is 0.320. The number of nitrogens with zero attached hydrogens (tertiary/aromatic N) is 2. The minimum atomic E-state index is -1.68. The van der Waals surface area contributed by atoms with Crippen LogP contribution < -0.4 is 18.9 Å². The highest BCUT2D eigenvalue weighted by molar-refractivity contribution is 6.17. The first-order valence-corrected chi connectivity index (χ1v) is 21.2. The monoisotopic (exact) mass is 844 g/mol. The molecule has 0 bridgehead atoms. The number of hydrogen-bond acceptors (Lipinski definition) is 8. The van der Waals surface area contributed by atoms with Crippen molar-refractivity contribution in [3.63, 3.8) is 0 Å². The summed E-state index contributed by atoms with van der Waals surface area (Å²) in [6.45, 7) is 9.55. The molecule has 0 saturated carbocycles. The molecule has 5 rings (SSSR count). The Hall–Kier alpha value is -6.82. The number of para-hydroxylation sites is 2. The molecule has 0 heterocycles. The number of hydrogen-bond donors (Lipinski definition) is 4. The highest BCUT2D eigenvalue weighted by atomic mass is 16.5. The van der Waals surface area contributed by atoms with Crippen LogP contribution in [0.15, 0.2) is 119 Å². The second-order valence-electron chi connectivity index (χ2n) is 14.9. The Morgan fingerprint density at radius 2 is 0.823 bits per heavy atom. The number of ether oxygens (including phenoxy) is 4. The van der Waals surface area contributed by atoms with Crippen molar-refractivity contribution in [1.29, 1.82) is 0 Å². The number of aliphatic imine (C=N–C) groups is 2. The number of aliphatic hydroxyl groups excluding tert-OH is 2. The van der Waals surface area contributed by atoms with E-state index < -0.39 is 57.5 Å². The van der Waals surface area contributed by atoms with Crippen molar-refractivity contribution in [2.45, 2.75) is 79.1 Å². The van der Waals surface area contributed by atoms with Gasteiger partial charge in [0.05, 0.1) is 35.7 Å². The zero-order valence-electron chi connectivity index (χ0n) is 35.8. The van der Waals surface area contributed by atoms with E-state index in [1.165, 1.54) is 12.1 Å². The van der Waals surface area contributed by atoms with Crippen LogP contribution >= 0.6 is 0 Å². The zero-order valence-corrected chi connectivity index (χ0v) is 35.8. The maximum Gasteiger partial charge on any atom is 0.340 e. The van der Waals surface area contributed by atoms with Crippen LogP contribution in [0.4, 0.5) is 11.4 Å². The smallest absolute Gasteiger partial charge is 0.340 e. The molecule has 2 unspecified atom stereocenters. The number of aromatic carboxylic acids is 2. The summed E-state index contributed by atoms with van der Waals surface area (Å²) in [5.41, 5.74) is -2.28. The van der Waals surface area contributed by atoms with Gasteiger partial charge in [-0.2, -0.15) is 0 Å². The van der Waals surface area contributed by atoms with Gasteiger partial charge in [-0.15, -0.1) is 0 Å². The molecule has 5 aromatic carbocycles. The molecule has 0 fully saturated rings. The van der Waals surface area contributed by atoms with Crippen molar-refractivity contribution >= 4 is 35.1 Å². The second kappa shape index (κ2) is 23.3. The van der Waals surface area contributed by atoms with Gasteiger partial charge in [-0.05, 0) is 97.5 Å². The zero-order chi connectivity index (χ0) is 44.4. The van der Waals surface area contributed by atoms with Gasteiger partial charge in [0.15, 0.2) is 11.5 Å². The maximum absolute atomic E-state index is 13.5. The number of carboxylic acid groups (broad SMARTS) is 2. The van der Waals surface area contributed by atoms with Crippen molar-refractivity contribution in [2.24, 2.45) is 21.8 Å². The standard InChI is InChI=1S/C50H56N2O10/c1-5-9-17-33(7-3)31-59-37-23-27-39(28-24-37)61-45-41(47(53)51-35-19-13-11-14-20-35)43(49(55)56)46(44(50(57)58)42(45)48(54)52-36-21-15-12-16-22-36)62-40-29-25-38(26-30-40)60-32-34(8-4)18-10-6-2/h11-16,19-30,33-34H,5-10,17-18,31-32H2,1-4H3,(H,51,53)(H,52,54)(H,55,56)(H,57,58). The predicted octanol–water partition coefficient (Wildman–Crippen LogP) is 13.1. The molecule has 0 aromatic heterocycles. The van der Waals surface area contributed by atoms with E-state index in [4.69, 9.17) is 18.9 Å². The van der Waals surface area contributed by atoms with Gasteiger partial charge in [0, 0.05) is 0 Å². The molecular weight excluding hydrogens is 789 g/mol. The summed E-state index contributed by atoms with van der Waals surface area (Å²) in [4.78, 5) is 35.6. The van der Waals surface area contributed by atoms with Crippen LogP contribution in [0.2, 0.25) is 0 Å². The van der Waals surface area contributed by atoms with Crippen molar-refractivity contribution in [3.8, 4) is 34.5 Å². The fourth-order valence-electron chi connectivity index (χ4n) is 6.77. The molecule has 326 valence electrons. The Bertz CT molecular complexity index is 2180. The summed E-state index contributed by atoms with van der Waals surface area (Å²) in [5.74, 6) is -4.41. The van der Waals surface area contributed by atoms with E-state index in [9.17, 15) is 30.0 Å². The third-order valence-corrected chi connectivity index (χ3v) is 10.4. The molecule has 0 aliphatic heterocycles. The van der Waals surface area contributed by atoms with Gasteiger partial charge in [-0.1, -0.05) is 103 Å². The van der Waals surface area contributed by atoms with E-state index in [0.717, 1.165) is 51.4 Å². The molecule has 12 heteroatoms. The quantitative estimate of drug-likeness (QED) is 0.0345.